The molecule has 0 amide bonds. The quantitative estimate of drug-likeness (QED) is 0.729. The summed E-state index contributed by atoms with van der Waals surface area (Å²) in [6.45, 7) is 2.83. The number of hydrogen-bond acceptors (Lipinski definition) is 6. The lowest BCUT2D eigenvalue weighted by molar-refractivity contribution is 0.564. The largest absolute Gasteiger partial charge is 0.302 e. The minimum absolute atomic E-state index is 0.0715. The summed E-state index contributed by atoms with van der Waals surface area (Å²) >= 11 is 1.63. The number of thioether (sulfide) groups is 1. The van der Waals surface area contributed by atoms with E-state index >= 15 is 0 Å². The number of hydrogen-bond donors (Lipinski definition) is 1. The van der Waals surface area contributed by atoms with Crippen molar-refractivity contribution in [1.82, 2.24) is 25.5 Å². The lowest BCUT2D eigenvalue weighted by Gasteiger charge is -2.08. The smallest absolute Gasteiger partial charge is 0.209 e. The van der Waals surface area contributed by atoms with Gasteiger partial charge in [-0.2, -0.15) is 5.26 Å². The van der Waals surface area contributed by atoms with Gasteiger partial charge >= 0.3 is 0 Å². The van der Waals surface area contributed by atoms with Gasteiger partial charge in [-0.1, -0.05) is 18.7 Å². The molecule has 7 heteroatoms. The van der Waals surface area contributed by atoms with Crippen LogP contribution in [0.2, 0.25) is 0 Å². The first-order chi connectivity index (χ1) is 8.35. The molecule has 1 heterocycles. The van der Waals surface area contributed by atoms with Crippen molar-refractivity contribution in [3.8, 4) is 6.07 Å². The van der Waals surface area contributed by atoms with E-state index in [1.54, 1.807) is 11.8 Å². The molecule has 1 aromatic rings. The number of nitriles is 1. The Labute approximate surface area is 105 Å². The Morgan fingerprint density at radius 1 is 1.65 bits per heavy atom. The van der Waals surface area contributed by atoms with Crippen LogP contribution >= 0.6 is 11.8 Å². The molecule has 1 aliphatic rings. The van der Waals surface area contributed by atoms with Crippen LogP contribution in [0.15, 0.2) is 5.16 Å². The van der Waals surface area contributed by atoms with Crippen LogP contribution in [0.3, 0.4) is 0 Å². The Hall–Kier alpha value is -1.13. The topological polar surface area (TPSA) is 79.4 Å². The summed E-state index contributed by atoms with van der Waals surface area (Å²) in [7, 11) is 0. The van der Waals surface area contributed by atoms with E-state index in [-0.39, 0.29) is 6.04 Å². The SMILES string of the molecule is CCNC(C#N)CCSc1nnnn1C1CC1. The van der Waals surface area contributed by atoms with Gasteiger partial charge in [-0.3, -0.25) is 0 Å². The number of aromatic nitrogens is 4. The van der Waals surface area contributed by atoms with Crippen LogP contribution in [-0.4, -0.2) is 38.5 Å². The van der Waals surface area contributed by atoms with Crippen LogP contribution < -0.4 is 5.32 Å². The van der Waals surface area contributed by atoms with Gasteiger partial charge in [0.2, 0.25) is 5.16 Å². The molecule has 0 bridgehead atoms. The van der Waals surface area contributed by atoms with E-state index in [4.69, 9.17) is 5.26 Å². The third-order valence-corrected chi connectivity index (χ3v) is 3.57. The highest BCUT2D eigenvalue weighted by Gasteiger charge is 2.27. The van der Waals surface area contributed by atoms with Gasteiger partial charge in [-0.15, -0.1) is 5.10 Å². The fourth-order valence-corrected chi connectivity index (χ4v) is 2.50. The zero-order chi connectivity index (χ0) is 12.1. The molecule has 0 radical (unpaired) electrons. The number of nitrogens with one attached hydrogen (secondary N) is 1. The summed E-state index contributed by atoms with van der Waals surface area (Å²) in [5, 5.41) is 24.6. The summed E-state index contributed by atoms with van der Waals surface area (Å²) in [6, 6.07) is 2.69. The molecule has 92 valence electrons. The van der Waals surface area contributed by atoms with Crippen molar-refractivity contribution in [2.24, 2.45) is 0 Å². The minimum Gasteiger partial charge on any atom is -0.302 e. The van der Waals surface area contributed by atoms with Gasteiger partial charge in [0, 0.05) is 5.75 Å². The van der Waals surface area contributed by atoms with Crippen LogP contribution in [-0.2, 0) is 0 Å². The highest BCUT2D eigenvalue weighted by atomic mass is 32.2. The molecular formula is C10H16N6S. The van der Waals surface area contributed by atoms with Crippen LogP contribution in [0.4, 0.5) is 0 Å². The van der Waals surface area contributed by atoms with Gasteiger partial charge in [0.1, 0.15) is 0 Å². The average molecular weight is 252 g/mol. The van der Waals surface area contributed by atoms with Crippen molar-refractivity contribution in [1.29, 1.82) is 5.26 Å². The van der Waals surface area contributed by atoms with Crippen molar-refractivity contribution in [2.75, 3.05) is 12.3 Å². The van der Waals surface area contributed by atoms with Crippen LogP contribution in [0.1, 0.15) is 32.2 Å². The average Bonchev–Trinajstić information content (AvgIpc) is 3.08. The lowest BCUT2D eigenvalue weighted by atomic mass is 10.2. The Bertz CT molecular complexity index is 394. The molecule has 6 nitrogen and oxygen atoms in total. The Morgan fingerprint density at radius 3 is 3.12 bits per heavy atom. The minimum atomic E-state index is -0.0715. The van der Waals surface area contributed by atoms with E-state index < -0.39 is 0 Å². The highest BCUT2D eigenvalue weighted by molar-refractivity contribution is 7.99. The van der Waals surface area contributed by atoms with Gasteiger partial charge in [-0.25, -0.2) is 4.68 Å². The number of nitrogens with zero attached hydrogens (tertiary/aromatic N) is 5. The maximum Gasteiger partial charge on any atom is 0.209 e. The van der Waals surface area contributed by atoms with E-state index in [2.05, 4.69) is 26.9 Å². The van der Waals surface area contributed by atoms with Crippen molar-refractivity contribution in [2.45, 2.75) is 43.4 Å². The van der Waals surface area contributed by atoms with E-state index in [0.717, 1.165) is 23.9 Å². The summed E-state index contributed by atoms with van der Waals surface area (Å²) in [5.41, 5.74) is 0. The van der Waals surface area contributed by atoms with E-state index in [0.29, 0.717) is 6.04 Å². The molecule has 1 atom stereocenters. The molecule has 0 aromatic carbocycles. The number of tetrazole rings is 1. The van der Waals surface area contributed by atoms with Crippen LogP contribution in [0.25, 0.3) is 0 Å². The third-order valence-electron chi connectivity index (χ3n) is 2.60. The summed E-state index contributed by atoms with van der Waals surface area (Å²) in [4.78, 5) is 0. The van der Waals surface area contributed by atoms with Crippen molar-refractivity contribution < 1.29 is 0 Å². The van der Waals surface area contributed by atoms with Crippen molar-refractivity contribution in [3.63, 3.8) is 0 Å². The van der Waals surface area contributed by atoms with Crippen molar-refractivity contribution in [3.05, 3.63) is 0 Å². The zero-order valence-electron chi connectivity index (χ0n) is 9.83. The predicted octanol–water partition coefficient (Wildman–Crippen LogP) is 0.992. The molecule has 0 aliphatic heterocycles. The van der Waals surface area contributed by atoms with Crippen LogP contribution in [0, 0.1) is 11.3 Å². The summed E-state index contributed by atoms with van der Waals surface area (Å²) in [6.07, 6.45) is 3.17. The zero-order valence-corrected chi connectivity index (χ0v) is 10.7. The summed E-state index contributed by atoms with van der Waals surface area (Å²) < 4.78 is 1.90. The van der Waals surface area contributed by atoms with Gasteiger partial charge in [0.25, 0.3) is 0 Å². The van der Waals surface area contributed by atoms with Crippen molar-refractivity contribution >= 4 is 11.8 Å². The fourth-order valence-electron chi connectivity index (χ4n) is 1.56. The third kappa shape index (κ3) is 3.41. The maximum atomic E-state index is 8.90. The molecule has 1 aliphatic carbocycles. The second-order valence-electron chi connectivity index (χ2n) is 4.01. The molecule has 1 saturated carbocycles. The van der Waals surface area contributed by atoms with Gasteiger partial charge < -0.3 is 5.32 Å². The molecule has 1 aromatic heterocycles. The van der Waals surface area contributed by atoms with E-state index in [9.17, 15) is 0 Å². The normalized spacial score (nSPS) is 16.7. The molecule has 0 saturated heterocycles. The maximum absolute atomic E-state index is 8.90. The summed E-state index contributed by atoms with van der Waals surface area (Å²) in [5.74, 6) is 0.859. The van der Waals surface area contributed by atoms with E-state index in [1.807, 2.05) is 11.6 Å². The molecular weight excluding hydrogens is 236 g/mol. The molecule has 2 rings (SSSR count). The highest BCUT2D eigenvalue weighted by Crippen LogP contribution is 2.36. The molecule has 1 N–H and O–H groups in total. The lowest BCUT2D eigenvalue weighted by Crippen LogP contribution is -2.27. The van der Waals surface area contributed by atoms with Gasteiger partial charge in [0.05, 0.1) is 18.2 Å². The first kappa shape index (κ1) is 12.3. The molecule has 0 spiro atoms. The van der Waals surface area contributed by atoms with Gasteiger partial charge in [0.15, 0.2) is 0 Å². The first-order valence-corrected chi connectivity index (χ1v) is 6.87. The van der Waals surface area contributed by atoms with Crippen LogP contribution in [0.5, 0.6) is 0 Å². The second-order valence-corrected chi connectivity index (χ2v) is 5.08. The number of rotatable bonds is 7. The Kier molecular flexibility index (Phi) is 4.34. The van der Waals surface area contributed by atoms with Gasteiger partial charge in [-0.05, 0) is 36.2 Å². The second kappa shape index (κ2) is 5.98. The monoisotopic (exact) mass is 252 g/mol. The Morgan fingerprint density at radius 2 is 2.47 bits per heavy atom. The van der Waals surface area contributed by atoms with E-state index in [1.165, 1.54) is 12.8 Å². The standard InChI is InChI=1S/C10H16N6S/c1-2-12-8(7-11)5-6-17-10-13-14-15-16(10)9-3-4-9/h8-9,12H,2-6H2,1H3. The predicted molar refractivity (Wildman–Crippen MR) is 64.5 cm³/mol. The Balaban J connectivity index is 1.77. The molecule has 1 fully saturated rings. The first-order valence-electron chi connectivity index (χ1n) is 5.88. The fraction of sp³-hybridized carbons (Fsp3) is 0.800. The molecule has 17 heavy (non-hydrogen) atoms. The molecule has 1 unspecified atom stereocenters.